The summed E-state index contributed by atoms with van der Waals surface area (Å²) in [7, 11) is 0. The first kappa shape index (κ1) is 42.7. The molecule has 0 atom stereocenters. The predicted molar refractivity (Wildman–Crippen MR) is 104 cm³/mol. The number of aliphatic carboxylic acids is 2. The van der Waals surface area contributed by atoms with Crippen LogP contribution in [0.1, 0.15) is 58.3 Å². The highest BCUT2D eigenvalue weighted by Crippen LogP contribution is 2.65. The lowest BCUT2D eigenvalue weighted by Gasteiger charge is -2.43. The summed E-state index contributed by atoms with van der Waals surface area (Å²) in [6, 6.07) is 0. The molecular formula is C20H21F19O4. The summed E-state index contributed by atoms with van der Waals surface area (Å²) in [5.41, 5.74) is 0. The molecule has 0 rings (SSSR count). The van der Waals surface area contributed by atoms with Crippen molar-refractivity contribution < 1.29 is 103 Å². The average Bonchev–Trinajstić information content (AvgIpc) is 2.81. The van der Waals surface area contributed by atoms with Gasteiger partial charge in [0.05, 0.1) is 0 Å². The summed E-state index contributed by atoms with van der Waals surface area (Å²) in [6.45, 7) is 2.20. The van der Waals surface area contributed by atoms with Gasteiger partial charge >= 0.3 is 65.5 Å². The number of hydrogen-bond donors (Lipinski definition) is 2. The van der Waals surface area contributed by atoms with Gasteiger partial charge in [-0.05, 0) is 6.42 Å². The van der Waals surface area contributed by atoms with Crippen LogP contribution in [0.15, 0.2) is 0 Å². The molecular weight excluding hydrogens is 665 g/mol. The molecule has 0 aromatic carbocycles. The number of carbonyl (C=O) groups is 2. The van der Waals surface area contributed by atoms with Crippen molar-refractivity contribution in [3.63, 3.8) is 0 Å². The van der Waals surface area contributed by atoms with Crippen molar-refractivity contribution in [3.05, 3.63) is 0 Å². The van der Waals surface area contributed by atoms with Crippen molar-refractivity contribution in [1.29, 1.82) is 0 Å². The summed E-state index contributed by atoms with van der Waals surface area (Å²) < 4.78 is 242. The Bertz CT molecular complexity index is 928. The molecule has 0 radical (unpaired) electrons. The Hall–Kier alpha value is -2.39. The second-order valence-electron chi connectivity index (χ2n) is 8.66. The van der Waals surface area contributed by atoms with Crippen molar-refractivity contribution >= 4 is 11.9 Å². The maximum atomic E-state index is 13.1. The van der Waals surface area contributed by atoms with Crippen LogP contribution < -0.4 is 0 Å². The van der Waals surface area contributed by atoms with Crippen molar-refractivity contribution in [2.75, 3.05) is 0 Å². The van der Waals surface area contributed by atoms with Crippen LogP contribution in [-0.4, -0.2) is 75.7 Å². The second-order valence-corrected chi connectivity index (χ2v) is 8.66. The largest absolute Gasteiger partial charge is 0.481 e. The molecule has 2 N–H and O–H groups in total. The van der Waals surface area contributed by atoms with Gasteiger partial charge in [-0.3, -0.25) is 4.79 Å². The van der Waals surface area contributed by atoms with Crippen LogP contribution in [0.3, 0.4) is 0 Å². The summed E-state index contributed by atoms with van der Waals surface area (Å²) in [5.74, 6) is -73.9. The third-order valence-electron chi connectivity index (χ3n) is 5.38. The Labute approximate surface area is 228 Å². The number of carboxylic acid groups (broad SMARTS) is 2. The number of halogens is 19. The van der Waals surface area contributed by atoms with E-state index < -0.39 is 65.5 Å². The van der Waals surface area contributed by atoms with E-state index in [2.05, 4.69) is 6.92 Å². The van der Waals surface area contributed by atoms with Crippen molar-refractivity contribution in [1.82, 2.24) is 0 Å². The minimum atomic E-state index is -9.06. The van der Waals surface area contributed by atoms with Gasteiger partial charge in [0.25, 0.3) is 0 Å². The van der Waals surface area contributed by atoms with Crippen molar-refractivity contribution in [2.45, 2.75) is 112 Å². The molecule has 23 heteroatoms. The zero-order valence-electron chi connectivity index (χ0n) is 21.0. The fourth-order valence-corrected chi connectivity index (χ4v) is 2.73. The van der Waals surface area contributed by atoms with Crippen LogP contribution in [0.2, 0.25) is 0 Å². The van der Waals surface area contributed by atoms with Gasteiger partial charge < -0.3 is 10.2 Å². The third-order valence-corrected chi connectivity index (χ3v) is 5.38. The van der Waals surface area contributed by atoms with Crippen LogP contribution in [0, 0.1) is 0 Å². The van der Waals surface area contributed by atoms with E-state index in [1.165, 1.54) is 32.1 Å². The molecule has 0 amide bonds. The standard InChI is InChI=1S/C10HF19O2.C10H20O2/c11-2(12,1(30)31)3(13,14)4(15,16)5(17,18)6(19,20)7(21,22)8(23,24)9(25,26)10(27,28)29;1-2-3-4-5-6-7-8-9-10(11)12/h(H,30,31);2-9H2,1H3,(H,11,12). The summed E-state index contributed by atoms with van der Waals surface area (Å²) in [5, 5.41) is 16.0. The van der Waals surface area contributed by atoms with Gasteiger partial charge in [0.1, 0.15) is 0 Å². The Kier molecular flexibility index (Phi) is 13.6. The number of rotatable bonds is 16. The van der Waals surface area contributed by atoms with E-state index in [1.807, 2.05) is 0 Å². The van der Waals surface area contributed by atoms with Gasteiger partial charge in [0, 0.05) is 6.42 Å². The molecule has 0 aromatic heterocycles. The molecule has 0 spiro atoms. The first-order valence-electron chi connectivity index (χ1n) is 11.3. The van der Waals surface area contributed by atoms with Crippen LogP contribution in [0.4, 0.5) is 83.4 Å². The fraction of sp³-hybridized carbons (Fsp3) is 0.900. The summed E-state index contributed by atoms with van der Waals surface area (Å²) in [6.07, 6.45) is 0.692. The Morgan fingerprint density at radius 1 is 0.442 bits per heavy atom. The lowest BCUT2D eigenvalue weighted by molar-refractivity contribution is -0.467. The number of carboxylic acids is 2. The van der Waals surface area contributed by atoms with Crippen LogP contribution >= 0.6 is 0 Å². The van der Waals surface area contributed by atoms with Gasteiger partial charge in [0.15, 0.2) is 0 Å². The number of hydrogen-bond acceptors (Lipinski definition) is 2. The summed E-state index contributed by atoms with van der Waals surface area (Å²) in [4.78, 5) is 19.9. The normalized spacial score (nSPS) is 14.7. The molecule has 43 heavy (non-hydrogen) atoms. The van der Waals surface area contributed by atoms with Gasteiger partial charge in [-0.2, -0.15) is 83.4 Å². The Balaban J connectivity index is 0. The molecule has 0 unspecified atom stereocenters. The highest BCUT2D eigenvalue weighted by Gasteiger charge is 2.97. The minimum Gasteiger partial charge on any atom is -0.481 e. The molecule has 0 aliphatic heterocycles. The number of unbranched alkanes of at least 4 members (excludes halogenated alkanes) is 6. The predicted octanol–water partition coefficient (Wildman–Crippen LogP) is 8.93. The first-order valence-corrected chi connectivity index (χ1v) is 11.3. The SMILES string of the molecule is CCCCCCCCCC(=O)O.O=C(O)C(F)(F)C(F)(F)C(F)(F)C(F)(F)C(F)(F)C(F)(F)C(F)(F)C(F)(F)C(F)(F)F. The van der Waals surface area contributed by atoms with Gasteiger partial charge in [-0.25, -0.2) is 4.79 Å². The van der Waals surface area contributed by atoms with Gasteiger partial charge in [0.2, 0.25) is 0 Å². The molecule has 0 aliphatic carbocycles. The van der Waals surface area contributed by atoms with E-state index in [4.69, 9.17) is 10.2 Å². The Morgan fingerprint density at radius 2 is 0.721 bits per heavy atom. The molecule has 258 valence electrons. The smallest absolute Gasteiger partial charge is 0.460 e. The van der Waals surface area contributed by atoms with Crippen LogP contribution in [-0.2, 0) is 9.59 Å². The minimum absolute atomic E-state index is 0.341. The molecule has 0 aliphatic rings. The van der Waals surface area contributed by atoms with E-state index in [9.17, 15) is 93.0 Å². The first-order chi connectivity index (χ1) is 18.7. The van der Waals surface area contributed by atoms with Gasteiger partial charge in [-0.15, -0.1) is 0 Å². The quantitative estimate of drug-likeness (QED) is 0.126. The molecule has 0 saturated carbocycles. The fourth-order valence-electron chi connectivity index (χ4n) is 2.73. The highest BCUT2D eigenvalue weighted by atomic mass is 19.4. The molecule has 0 heterocycles. The zero-order chi connectivity index (χ0) is 35.3. The Morgan fingerprint density at radius 3 is 1.00 bits per heavy atom. The molecule has 4 nitrogen and oxygen atoms in total. The van der Waals surface area contributed by atoms with E-state index in [0.29, 0.717) is 6.42 Å². The molecule has 0 fully saturated rings. The third kappa shape index (κ3) is 7.83. The monoisotopic (exact) mass is 686 g/mol. The lowest BCUT2D eigenvalue weighted by atomic mass is 9.87. The van der Waals surface area contributed by atoms with Crippen molar-refractivity contribution in [3.8, 4) is 0 Å². The molecule has 0 saturated heterocycles. The topological polar surface area (TPSA) is 74.6 Å². The molecule has 0 aromatic rings. The van der Waals surface area contributed by atoms with Gasteiger partial charge in [-0.1, -0.05) is 45.4 Å². The number of alkyl halides is 19. The maximum absolute atomic E-state index is 13.1. The average molecular weight is 686 g/mol. The van der Waals surface area contributed by atoms with E-state index >= 15 is 0 Å². The van der Waals surface area contributed by atoms with E-state index in [0.717, 1.165) is 12.8 Å². The van der Waals surface area contributed by atoms with E-state index in [1.54, 1.807) is 0 Å². The highest BCUT2D eigenvalue weighted by molar-refractivity contribution is 5.77. The zero-order valence-corrected chi connectivity index (χ0v) is 21.0. The molecule has 0 bridgehead atoms. The summed E-state index contributed by atoms with van der Waals surface area (Å²) >= 11 is 0. The van der Waals surface area contributed by atoms with E-state index in [-0.39, 0.29) is 0 Å². The maximum Gasteiger partial charge on any atom is 0.460 e. The van der Waals surface area contributed by atoms with Crippen LogP contribution in [0.5, 0.6) is 0 Å². The van der Waals surface area contributed by atoms with Crippen molar-refractivity contribution in [2.24, 2.45) is 0 Å². The second kappa shape index (κ2) is 13.7. The lowest BCUT2D eigenvalue weighted by Crippen LogP contribution is -2.76. The van der Waals surface area contributed by atoms with Crippen LogP contribution in [0.25, 0.3) is 0 Å².